The van der Waals surface area contributed by atoms with Crippen molar-refractivity contribution in [2.24, 2.45) is 5.92 Å². The summed E-state index contributed by atoms with van der Waals surface area (Å²) in [5.41, 5.74) is 1.22. The van der Waals surface area contributed by atoms with E-state index in [-0.39, 0.29) is 12.1 Å². The van der Waals surface area contributed by atoms with Crippen LogP contribution < -0.4 is 9.47 Å². The van der Waals surface area contributed by atoms with E-state index in [0.717, 1.165) is 50.3 Å². The van der Waals surface area contributed by atoms with Gasteiger partial charge in [-0.1, -0.05) is 13.0 Å². The molecule has 4 heteroatoms. The molecule has 23 heavy (non-hydrogen) atoms. The molecule has 3 aliphatic rings. The molecule has 3 heterocycles. The van der Waals surface area contributed by atoms with Crippen molar-refractivity contribution in [2.45, 2.75) is 51.7 Å². The summed E-state index contributed by atoms with van der Waals surface area (Å²) in [6.07, 6.45) is 3.96. The maximum absolute atomic E-state index is 10.6. The third kappa shape index (κ3) is 3.64. The Bertz CT molecular complexity index is 509. The van der Waals surface area contributed by atoms with Crippen LogP contribution in [0.5, 0.6) is 11.5 Å². The first kappa shape index (κ1) is 16.6. The van der Waals surface area contributed by atoms with E-state index in [4.69, 9.17) is 9.47 Å². The monoisotopic (exact) mass is 319 g/mol. The summed E-state index contributed by atoms with van der Waals surface area (Å²) < 4.78 is 11.5. The molecule has 4 nitrogen and oxygen atoms in total. The van der Waals surface area contributed by atoms with Gasteiger partial charge in [0.2, 0.25) is 0 Å². The number of fused-ring (bicyclic) bond motifs is 3. The fraction of sp³-hybridized carbons (Fsp3) is 0.684. The van der Waals surface area contributed by atoms with E-state index in [1.54, 1.807) is 0 Å². The fourth-order valence-corrected chi connectivity index (χ4v) is 3.89. The minimum atomic E-state index is -0.191. The summed E-state index contributed by atoms with van der Waals surface area (Å²) in [5.74, 6) is 2.14. The lowest BCUT2D eigenvalue weighted by Crippen LogP contribution is -2.58. The number of hydrogen-bond acceptors (Lipinski definition) is 4. The summed E-state index contributed by atoms with van der Waals surface area (Å²) >= 11 is 0. The highest BCUT2D eigenvalue weighted by Gasteiger charge is 2.40. The lowest BCUT2D eigenvalue weighted by Gasteiger charge is -2.49. The highest BCUT2D eigenvalue weighted by atomic mass is 16.5. The maximum Gasteiger partial charge on any atom is 0.161 e. The van der Waals surface area contributed by atoms with Crippen LogP contribution in [0.25, 0.3) is 0 Å². The van der Waals surface area contributed by atoms with E-state index >= 15 is 0 Å². The van der Waals surface area contributed by atoms with Crippen LogP contribution >= 0.6 is 0 Å². The number of rotatable bonds is 7. The molecule has 0 amide bonds. The Labute approximate surface area is 139 Å². The minimum Gasteiger partial charge on any atom is -0.490 e. The van der Waals surface area contributed by atoms with Crippen molar-refractivity contribution in [3.05, 3.63) is 23.8 Å². The summed E-state index contributed by atoms with van der Waals surface area (Å²) in [6.45, 7) is 7.68. The van der Waals surface area contributed by atoms with Crippen molar-refractivity contribution in [1.82, 2.24) is 4.90 Å². The molecule has 2 bridgehead atoms. The van der Waals surface area contributed by atoms with Gasteiger partial charge >= 0.3 is 0 Å². The van der Waals surface area contributed by atoms with E-state index in [2.05, 4.69) is 24.0 Å². The van der Waals surface area contributed by atoms with Gasteiger partial charge < -0.3 is 14.6 Å². The molecule has 0 saturated carbocycles. The zero-order valence-electron chi connectivity index (χ0n) is 14.3. The van der Waals surface area contributed by atoms with Crippen LogP contribution in [0.15, 0.2) is 18.2 Å². The highest BCUT2D eigenvalue weighted by molar-refractivity contribution is 5.43. The lowest BCUT2D eigenvalue weighted by molar-refractivity contribution is -0.0715. The number of piperidine rings is 3. The van der Waals surface area contributed by atoms with Gasteiger partial charge in [-0.3, -0.25) is 4.90 Å². The molecule has 1 aromatic carbocycles. The van der Waals surface area contributed by atoms with Crippen LogP contribution in [0.2, 0.25) is 0 Å². The van der Waals surface area contributed by atoms with Crippen molar-refractivity contribution in [2.75, 3.05) is 26.3 Å². The number of hydrogen-bond donors (Lipinski definition) is 1. The summed E-state index contributed by atoms with van der Waals surface area (Å²) in [6, 6.07) is 6.46. The van der Waals surface area contributed by atoms with Gasteiger partial charge in [-0.05, 0) is 69.3 Å². The van der Waals surface area contributed by atoms with Gasteiger partial charge in [-0.15, -0.1) is 0 Å². The number of aliphatic hydroxyl groups is 1. The molecule has 128 valence electrons. The summed E-state index contributed by atoms with van der Waals surface area (Å²) in [7, 11) is 0. The van der Waals surface area contributed by atoms with Gasteiger partial charge in [0.05, 0.1) is 19.3 Å². The zero-order chi connectivity index (χ0) is 16.2. The average Bonchev–Trinajstić information content (AvgIpc) is 2.58. The normalized spacial score (nSPS) is 29.5. The number of ether oxygens (including phenoxy) is 2. The molecule has 3 aliphatic heterocycles. The van der Waals surface area contributed by atoms with Crippen molar-refractivity contribution in [3.63, 3.8) is 0 Å². The van der Waals surface area contributed by atoms with Crippen LogP contribution in [-0.4, -0.2) is 48.5 Å². The van der Waals surface area contributed by atoms with Crippen LogP contribution in [0.3, 0.4) is 0 Å². The maximum atomic E-state index is 10.6. The Morgan fingerprint density at radius 2 is 1.91 bits per heavy atom. The lowest BCUT2D eigenvalue weighted by atomic mass is 9.78. The largest absolute Gasteiger partial charge is 0.490 e. The summed E-state index contributed by atoms with van der Waals surface area (Å²) in [5, 5.41) is 10.6. The Hall–Kier alpha value is -1.26. The molecule has 1 N–H and O–H groups in total. The van der Waals surface area contributed by atoms with E-state index in [1.165, 1.54) is 5.56 Å². The second-order valence-corrected chi connectivity index (χ2v) is 6.70. The molecule has 3 saturated heterocycles. The van der Waals surface area contributed by atoms with Crippen LogP contribution in [-0.2, 0) is 6.42 Å². The van der Waals surface area contributed by atoms with Gasteiger partial charge in [0.25, 0.3) is 0 Å². The van der Waals surface area contributed by atoms with E-state index in [0.29, 0.717) is 19.1 Å². The van der Waals surface area contributed by atoms with Crippen molar-refractivity contribution in [3.8, 4) is 11.5 Å². The minimum absolute atomic E-state index is 0.191. The van der Waals surface area contributed by atoms with Gasteiger partial charge in [0.15, 0.2) is 11.5 Å². The molecule has 4 rings (SSSR count). The highest BCUT2D eigenvalue weighted by Crippen LogP contribution is 2.35. The molecule has 1 aromatic rings. The average molecular weight is 319 g/mol. The molecule has 0 radical (unpaired) electrons. The van der Waals surface area contributed by atoms with Crippen molar-refractivity contribution >= 4 is 0 Å². The standard InChI is InChI=1S/C19H29NO3/c1-3-11-23-17-6-5-14(13-18(17)22-4-2)12-16-19(21)15-7-9-20(16)10-8-15/h5-6,13,15-16,19,21H,3-4,7-12H2,1-2H3. The van der Waals surface area contributed by atoms with Gasteiger partial charge in [0, 0.05) is 6.04 Å². The molecular weight excluding hydrogens is 290 g/mol. The fourth-order valence-electron chi connectivity index (χ4n) is 3.89. The molecule has 2 atom stereocenters. The first-order valence-electron chi connectivity index (χ1n) is 9.03. The molecule has 2 unspecified atom stereocenters. The number of benzene rings is 1. The Kier molecular flexibility index (Phi) is 5.44. The second kappa shape index (κ2) is 7.54. The number of nitrogens with zero attached hydrogens (tertiary/aromatic N) is 1. The van der Waals surface area contributed by atoms with Crippen LogP contribution in [0.4, 0.5) is 0 Å². The Morgan fingerprint density at radius 3 is 2.57 bits per heavy atom. The third-order valence-electron chi connectivity index (χ3n) is 5.13. The molecule has 0 aliphatic carbocycles. The van der Waals surface area contributed by atoms with E-state index in [9.17, 15) is 5.11 Å². The third-order valence-corrected chi connectivity index (χ3v) is 5.13. The van der Waals surface area contributed by atoms with Crippen LogP contribution in [0, 0.1) is 5.92 Å². The van der Waals surface area contributed by atoms with E-state index < -0.39 is 0 Å². The first-order valence-corrected chi connectivity index (χ1v) is 9.03. The Morgan fingerprint density at radius 1 is 1.13 bits per heavy atom. The SMILES string of the molecule is CCCOc1ccc(CC2C(O)C3CCN2CC3)cc1OCC. The van der Waals surface area contributed by atoms with Crippen molar-refractivity contribution < 1.29 is 14.6 Å². The predicted octanol–water partition coefficient (Wildman–Crippen LogP) is 2.87. The quantitative estimate of drug-likeness (QED) is 0.839. The number of aliphatic hydroxyl groups excluding tert-OH is 1. The molecule has 0 spiro atoms. The van der Waals surface area contributed by atoms with Crippen LogP contribution in [0.1, 0.15) is 38.7 Å². The summed E-state index contributed by atoms with van der Waals surface area (Å²) in [4.78, 5) is 2.45. The molecule has 3 fully saturated rings. The molecule has 0 aromatic heterocycles. The van der Waals surface area contributed by atoms with Gasteiger partial charge in [-0.25, -0.2) is 0 Å². The van der Waals surface area contributed by atoms with E-state index in [1.807, 2.05) is 13.0 Å². The Balaban J connectivity index is 1.73. The van der Waals surface area contributed by atoms with Gasteiger partial charge in [0.1, 0.15) is 0 Å². The topological polar surface area (TPSA) is 41.9 Å². The molecular formula is C19H29NO3. The first-order chi connectivity index (χ1) is 11.2. The van der Waals surface area contributed by atoms with Crippen molar-refractivity contribution in [1.29, 1.82) is 0 Å². The zero-order valence-corrected chi connectivity index (χ0v) is 14.3. The second-order valence-electron chi connectivity index (χ2n) is 6.70. The predicted molar refractivity (Wildman–Crippen MR) is 91.2 cm³/mol. The van der Waals surface area contributed by atoms with Gasteiger partial charge in [-0.2, -0.15) is 0 Å². The smallest absolute Gasteiger partial charge is 0.161 e.